The fraction of sp³-hybridized carbons (Fsp3) is 0.500. The van der Waals surface area contributed by atoms with Crippen LogP contribution in [-0.4, -0.2) is 52.8 Å². The molecule has 1 atom stereocenters. The van der Waals surface area contributed by atoms with Gasteiger partial charge in [-0.2, -0.15) is 0 Å². The molecule has 9 heteroatoms. The Kier molecular flexibility index (Phi) is 8.21. The lowest BCUT2D eigenvalue weighted by Gasteiger charge is -2.38. The topological polar surface area (TPSA) is 131 Å². The summed E-state index contributed by atoms with van der Waals surface area (Å²) in [7, 11) is 0. The fourth-order valence-electron chi connectivity index (χ4n) is 4.08. The molecule has 2 aromatic rings. The number of amides is 1. The lowest BCUT2D eigenvalue weighted by Crippen LogP contribution is -2.42. The Morgan fingerprint density at radius 3 is 2.52 bits per heavy atom. The van der Waals surface area contributed by atoms with Crippen molar-refractivity contribution < 1.29 is 19.4 Å². The molecule has 33 heavy (non-hydrogen) atoms. The first kappa shape index (κ1) is 24.4. The van der Waals surface area contributed by atoms with Crippen LogP contribution in [0.15, 0.2) is 30.6 Å². The van der Waals surface area contributed by atoms with Gasteiger partial charge in [-0.15, -0.1) is 0 Å². The van der Waals surface area contributed by atoms with E-state index in [9.17, 15) is 14.7 Å². The number of benzene rings is 1. The lowest BCUT2D eigenvalue weighted by atomic mass is 9.95. The molecule has 1 aromatic heterocycles. The van der Waals surface area contributed by atoms with Gasteiger partial charge in [-0.3, -0.25) is 9.59 Å². The Balaban J connectivity index is 2.00. The second-order valence-corrected chi connectivity index (χ2v) is 8.94. The molecule has 1 aliphatic heterocycles. The molecule has 0 unspecified atom stereocenters. The predicted octanol–water partition coefficient (Wildman–Crippen LogP) is 3.54. The first-order valence-electron chi connectivity index (χ1n) is 11.3. The molecule has 0 spiro atoms. The smallest absolute Gasteiger partial charge is 0.303 e. The minimum Gasteiger partial charge on any atom is -0.481 e. The molecule has 1 aromatic carbocycles. The summed E-state index contributed by atoms with van der Waals surface area (Å²) in [5.41, 5.74) is 8.12. The van der Waals surface area contributed by atoms with E-state index in [1.165, 1.54) is 12.4 Å². The van der Waals surface area contributed by atoms with Gasteiger partial charge in [-0.05, 0) is 42.4 Å². The van der Waals surface area contributed by atoms with Crippen LogP contribution in [0.5, 0.6) is 0 Å². The van der Waals surface area contributed by atoms with Crippen molar-refractivity contribution in [2.24, 2.45) is 11.7 Å². The average molecular weight is 456 g/mol. The number of nitrogens with one attached hydrogen (secondary N) is 1. The zero-order valence-corrected chi connectivity index (χ0v) is 19.5. The predicted molar refractivity (Wildman–Crippen MR) is 127 cm³/mol. The van der Waals surface area contributed by atoms with E-state index in [0.717, 1.165) is 49.5 Å². The number of primary amides is 1. The summed E-state index contributed by atoms with van der Waals surface area (Å²) in [4.78, 5) is 33.4. The Morgan fingerprint density at radius 1 is 1.21 bits per heavy atom. The number of carboxylic acids is 1. The van der Waals surface area contributed by atoms with Crippen molar-refractivity contribution in [2.45, 2.75) is 52.0 Å². The Morgan fingerprint density at radius 2 is 1.94 bits per heavy atom. The van der Waals surface area contributed by atoms with Crippen molar-refractivity contribution in [3.8, 4) is 0 Å². The Hall–Kier alpha value is -3.20. The highest BCUT2D eigenvalue weighted by atomic mass is 16.5. The van der Waals surface area contributed by atoms with Gasteiger partial charge in [0.05, 0.1) is 30.2 Å². The van der Waals surface area contributed by atoms with Crippen LogP contribution in [0.2, 0.25) is 0 Å². The number of carbonyl (C=O) groups excluding carboxylic acids is 1. The van der Waals surface area contributed by atoms with Crippen molar-refractivity contribution in [2.75, 3.05) is 30.0 Å². The summed E-state index contributed by atoms with van der Waals surface area (Å²) in [6.07, 6.45) is 4.73. The summed E-state index contributed by atoms with van der Waals surface area (Å²) in [5.74, 6) is -0.705. The van der Waals surface area contributed by atoms with Crippen molar-refractivity contribution in [3.05, 3.63) is 41.9 Å². The molecule has 9 nitrogen and oxygen atoms in total. The van der Waals surface area contributed by atoms with Crippen LogP contribution in [0.4, 0.5) is 17.2 Å². The number of aliphatic carboxylic acids is 1. The van der Waals surface area contributed by atoms with Gasteiger partial charge in [-0.25, -0.2) is 9.97 Å². The van der Waals surface area contributed by atoms with E-state index in [4.69, 9.17) is 10.5 Å². The number of aromatic nitrogens is 2. The second-order valence-electron chi connectivity index (χ2n) is 8.94. The third-order valence-corrected chi connectivity index (χ3v) is 5.74. The normalized spacial score (nSPS) is 15.3. The SMILES string of the molecule is CC(C)CN(c1ccc([C@H](C)CC(=O)O)cc1Nc1cnc(C(N)=O)cn1)C1CCOCC1. The molecule has 0 bridgehead atoms. The molecule has 0 saturated carbocycles. The summed E-state index contributed by atoms with van der Waals surface area (Å²) < 4.78 is 5.58. The van der Waals surface area contributed by atoms with E-state index in [-0.39, 0.29) is 18.0 Å². The van der Waals surface area contributed by atoms with Crippen LogP contribution in [0.25, 0.3) is 0 Å². The molecule has 2 heterocycles. The maximum Gasteiger partial charge on any atom is 0.303 e. The average Bonchev–Trinajstić information content (AvgIpc) is 2.78. The Bertz CT molecular complexity index is 958. The van der Waals surface area contributed by atoms with Crippen molar-refractivity contribution in [1.82, 2.24) is 9.97 Å². The number of anilines is 3. The van der Waals surface area contributed by atoms with Gasteiger partial charge >= 0.3 is 5.97 Å². The molecule has 1 aliphatic rings. The molecule has 1 fully saturated rings. The van der Waals surface area contributed by atoms with Gasteiger partial charge in [0.2, 0.25) is 0 Å². The number of carboxylic acid groups (broad SMARTS) is 1. The van der Waals surface area contributed by atoms with Crippen LogP contribution in [0.1, 0.15) is 62.0 Å². The summed E-state index contributed by atoms with van der Waals surface area (Å²) in [5, 5.41) is 12.6. The van der Waals surface area contributed by atoms with Crippen molar-refractivity contribution in [3.63, 3.8) is 0 Å². The number of hydrogen-bond acceptors (Lipinski definition) is 7. The molecular formula is C24H33N5O4. The highest BCUT2D eigenvalue weighted by Gasteiger charge is 2.25. The van der Waals surface area contributed by atoms with E-state index in [1.54, 1.807) is 0 Å². The van der Waals surface area contributed by atoms with Crippen molar-refractivity contribution >= 4 is 29.1 Å². The monoisotopic (exact) mass is 455 g/mol. The third-order valence-electron chi connectivity index (χ3n) is 5.74. The number of ether oxygens (including phenoxy) is 1. The van der Waals surface area contributed by atoms with Crippen LogP contribution < -0.4 is 16.0 Å². The summed E-state index contributed by atoms with van der Waals surface area (Å²) >= 11 is 0. The number of hydrogen-bond donors (Lipinski definition) is 3. The quantitative estimate of drug-likeness (QED) is 0.496. The number of nitrogens with zero attached hydrogens (tertiary/aromatic N) is 3. The minimum atomic E-state index is -0.836. The highest BCUT2D eigenvalue weighted by molar-refractivity contribution is 5.90. The molecule has 0 aliphatic carbocycles. The number of rotatable bonds is 10. The fourth-order valence-corrected chi connectivity index (χ4v) is 4.08. The maximum atomic E-state index is 11.3. The van der Waals surface area contributed by atoms with Gasteiger partial charge in [0.1, 0.15) is 11.5 Å². The lowest BCUT2D eigenvalue weighted by molar-refractivity contribution is -0.137. The van der Waals surface area contributed by atoms with Crippen LogP contribution in [-0.2, 0) is 9.53 Å². The number of carbonyl (C=O) groups is 2. The highest BCUT2D eigenvalue weighted by Crippen LogP contribution is 2.35. The second kappa shape index (κ2) is 11.1. The van der Waals surface area contributed by atoms with Crippen LogP contribution in [0, 0.1) is 5.92 Å². The molecular weight excluding hydrogens is 422 g/mol. The van der Waals surface area contributed by atoms with Gasteiger partial charge < -0.3 is 25.8 Å². The summed E-state index contributed by atoms with van der Waals surface area (Å²) in [6, 6.07) is 6.38. The van der Waals surface area contributed by atoms with E-state index in [1.807, 2.05) is 19.1 Å². The number of nitrogens with two attached hydrogens (primary N) is 1. The maximum absolute atomic E-state index is 11.3. The molecule has 1 amide bonds. The van der Waals surface area contributed by atoms with Crippen molar-refractivity contribution in [1.29, 1.82) is 0 Å². The molecule has 1 saturated heterocycles. The van der Waals surface area contributed by atoms with Crippen LogP contribution >= 0.6 is 0 Å². The molecule has 0 radical (unpaired) electrons. The first-order chi connectivity index (χ1) is 15.7. The summed E-state index contributed by atoms with van der Waals surface area (Å²) in [6.45, 7) is 8.62. The zero-order valence-electron chi connectivity index (χ0n) is 19.5. The Labute approximate surface area is 194 Å². The zero-order chi connectivity index (χ0) is 24.0. The van der Waals surface area contributed by atoms with E-state index < -0.39 is 11.9 Å². The van der Waals surface area contributed by atoms with Gasteiger partial charge in [0.15, 0.2) is 0 Å². The minimum absolute atomic E-state index is 0.0432. The molecule has 4 N–H and O–H groups in total. The largest absolute Gasteiger partial charge is 0.481 e. The van der Waals surface area contributed by atoms with Gasteiger partial charge in [0, 0.05) is 25.8 Å². The van der Waals surface area contributed by atoms with E-state index >= 15 is 0 Å². The van der Waals surface area contributed by atoms with E-state index in [0.29, 0.717) is 17.8 Å². The van der Waals surface area contributed by atoms with E-state index in [2.05, 4.69) is 40.1 Å². The third kappa shape index (κ3) is 6.64. The van der Waals surface area contributed by atoms with Gasteiger partial charge in [0.25, 0.3) is 5.91 Å². The standard InChI is InChI=1S/C24H33N5O4/c1-15(2)14-29(18-6-8-33-9-7-18)21-5-4-17(16(3)10-23(30)31)11-19(21)28-22-13-26-20(12-27-22)24(25)32/h4-5,11-13,15-16,18H,6-10,14H2,1-3H3,(H2,25,32)(H,27,28)(H,30,31)/t16-/m1/s1. The molecule has 178 valence electrons. The molecule has 3 rings (SSSR count). The van der Waals surface area contributed by atoms with Gasteiger partial charge in [-0.1, -0.05) is 26.8 Å². The van der Waals surface area contributed by atoms with Crippen LogP contribution in [0.3, 0.4) is 0 Å². The first-order valence-corrected chi connectivity index (χ1v) is 11.3.